The van der Waals surface area contributed by atoms with E-state index in [0.29, 0.717) is 17.0 Å². The van der Waals surface area contributed by atoms with Gasteiger partial charge < -0.3 is 0 Å². The van der Waals surface area contributed by atoms with Crippen molar-refractivity contribution in [3.05, 3.63) is 46.5 Å². The molecular formula is C13H17ClFN5. The van der Waals surface area contributed by atoms with Crippen LogP contribution in [0.5, 0.6) is 0 Å². The number of nitrogens with two attached hydrogens (primary N) is 1. The smallest absolute Gasteiger partial charge is 0.127 e. The van der Waals surface area contributed by atoms with Crippen LogP contribution in [-0.4, -0.2) is 15.0 Å². The van der Waals surface area contributed by atoms with Crippen LogP contribution in [-0.2, 0) is 13.0 Å². The molecule has 0 aliphatic heterocycles. The first-order chi connectivity index (χ1) is 9.67. The predicted octanol–water partition coefficient (Wildman–Crippen LogP) is 2.23. The predicted molar refractivity (Wildman–Crippen MR) is 75.5 cm³/mol. The van der Waals surface area contributed by atoms with Crippen molar-refractivity contribution in [2.75, 3.05) is 0 Å². The molecule has 0 fully saturated rings. The second-order valence-electron chi connectivity index (χ2n) is 4.51. The standard InChI is InChI=1S/C13H17ClFN5/c1-2-6-20-13(8-17-19-20)12(18-16)7-9-10(14)4-3-5-11(9)15/h3-5,8,12,18H,2,6-7,16H2,1H3. The minimum atomic E-state index is -0.340. The van der Waals surface area contributed by atoms with Gasteiger partial charge in [0.25, 0.3) is 0 Å². The number of aromatic nitrogens is 3. The van der Waals surface area contributed by atoms with E-state index in [1.54, 1.807) is 23.0 Å². The molecule has 2 aromatic rings. The first kappa shape index (κ1) is 14.9. The molecule has 0 bridgehead atoms. The summed E-state index contributed by atoms with van der Waals surface area (Å²) in [5.41, 5.74) is 3.93. The van der Waals surface area contributed by atoms with Gasteiger partial charge >= 0.3 is 0 Å². The van der Waals surface area contributed by atoms with Crippen molar-refractivity contribution < 1.29 is 4.39 Å². The maximum Gasteiger partial charge on any atom is 0.127 e. The highest BCUT2D eigenvalue weighted by Gasteiger charge is 2.19. The molecule has 0 aliphatic rings. The van der Waals surface area contributed by atoms with Crippen LogP contribution in [0.25, 0.3) is 0 Å². The molecular weight excluding hydrogens is 281 g/mol. The lowest BCUT2D eigenvalue weighted by Gasteiger charge is -2.17. The molecule has 20 heavy (non-hydrogen) atoms. The Morgan fingerprint density at radius 3 is 2.95 bits per heavy atom. The van der Waals surface area contributed by atoms with Crippen molar-refractivity contribution in [2.24, 2.45) is 5.84 Å². The van der Waals surface area contributed by atoms with E-state index in [2.05, 4.69) is 15.7 Å². The molecule has 1 aromatic carbocycles. The minimum Gasteiger partial charge on any atom is -0.271 e. The van der Waals surface area contributed by atoms with Crippen molar-refractivity contribution in [2.45, 2.75) is 32.4 Å². The van der Waals surface area contributed by atoms with Gasteiger partial charge in [-0.3, -0.25) is 11.3 Å². The zero-order chi connectivity index (χ0) is 14.5. The highest BCUT2D eigenvalue weighted by atomic mass is 35.5. The van der Waals surface area contributed by atoms with Gasteiger partial charge in [0.05, 0.1) is 17.9 Å². The molecule has 0 amide bonds. The lowest BCUT2D eigenvalue weighted by molar-refractivity contribution is 0.467. The van der Waals surface area contributed by atoms with Crippen LogP contribution < -0.4 is 11.3 Å². The van der Waals surface area contributed by atoms with E-state index < -0.39 is 0 Å². The van der Waals surface area contributed by atoms with Gasteiger partial charge in [-0.25, -0.2) is 9.07 Å². The summed E-state index contributed by atoms with van der Waals surface area (Å²) in [4.78, 5) is 0. The second-order valence-corrected chi connectivity index (χ2v) is 4.91. The summed E-state index contributed by atoms with van der Waals surface area (Å²) < 4.78 is 15.6. The van der Waals surface area contributed by atoms with Crippen LogP contribution in [0, 0.1) is 5.82 Å². The van der Waals surface area contributed by atoms with Gasteiger partial charge in [0.15, 0.2) is 0 Å². The maximum absolute atomic E-state index is 13.8. The van der Waals surface area contributed by atoms with E-state index in [1.807, 2.05) is 6.92 Å². The number of nitrogens with one attached hydrogen (secondary N) is 1. The summed E-state index contributed by atoms with van der Waals surface area (Å²) in [6.45, 7) is 2.78. The molecule has 0 saturated heterocycles. The number of hydrogen-bond acceptors (Lipinski definition) is 4. The van der Waals surface area contributed by atoms with Crippen molar-refractivity contribution in [1.29, 1.82) is 0 Å². The Morgan fingerprint density at radius 2 is 2.30 bits per heavy atom. The maximum atomic E-state index is 13.8. The fourth-order valence-electron chi connectivity index (χ4n) is 2.10. The van der Waals surface area contributed by atoms with Crippen LogP contribution >= 0.6 is 11.6 Å². The summed E-state index contributed by atoms with van der Waals surface area (Å²) >= 11 is 6.05. The molecule has 0 spiro atoms. The number of nitrogens with zero attached hydrogens (tertiary/aromatic N) is 3. The van der Waals surface area contributed by atoms with E-state index in [1.165, 1.54) is 6.07 Å². The fourth-order valence-corrected chi connectivity index (χ4v) is 2.34. The van der Waals surface area contributed by atoms with Crippen molar-refractivity contribution in [3.8, 4) is 0 Å². The summed E-state index contributed by atoms with van der Waals surface area (Å²) in [6, 6.07) is 4.33. The topological polar surface area (TPSA) is 68.8 Å². The van der Waals surface area contributed by atoms with E-state index in [9.17, 15) is 4.39 Å². The molecule has 0 aliphatic carbocycles. The number of hydrogen-bond donors (Lipinski definition) is 2. The van der Waals surface area contributed by atoms with Gasteiger partial charge in [-0.15, -0.1) is 5.10 Å². The average molecular weight is 298 g/mol. The van der Waals surface area contributed by atoms with E-state index >= 15 is 0 Å². The van der Waals surface area contributed by atoms with Crippen molar-refractivity contribution >= 4 is 11.6 Å². The van der Waals surface area contributed by atoms with E-state index in [4.69, 9.17) is 17.4 Å². The Hall–Kier alpha value is -1.50. The van der Waals surface area contributed by atoms with Crippen LogP contribution in [0.4, 0.5) is 4.39 Å². The SMILES string of the molecule is CCCn1nncc1C(Cc1c(F)cccc1Cl)NN. The van der Waals surface area contributed by atoms with Crippen molar-refractivity contribution in [3.63, 3.8) is 0 Å². The molecule has 2 rings (SSSR count). The molecule has 1 atom stereocenters. The third-order valence-electron chi connectivity index (χ3n) is 3.11. The zero-order valence-electron chi connectivity index (χ0n) is 11.2. The highest BCUT2D eigenvalue weighted by Crippen LogP contribution is 2.25. The van der Waals surface area contributed by atoms with Gasteiger partial charge in [-0.1, -0.05) is 29.8 Å². The van der Waals surface area contributed by atoms with Gasteiger partial charge in [0.2, 0.25) is 0 Å². The van der Waals surface area contributed by atoms with Crippen LogP contribution in [0.2, 0.25) is 5.02 Å². The molecule has 0 saturated carbocycles. The van der Waals surface area contributed by atoms with Crippen LogP contribution in [0.3, 0.4) is 0 Å². The molecule has 1 unspecified atom stereocenters. The number of rotatable bonds is 6. The van der Waals surface area contributed by atoms with Crippen LogP contribution in [0.15, 0.2) is 24.4 Å². The average Bonchev–Trinajstić information content (AvgIpc) is 2.87. The molecule has 108 valence electrons. The molecule has 7 heteroatoms. The Labute approximate surface area is 121 Å². The summed E-state index contributed by atoms with van der Waals surface area (Å²) in [6.07, 6.45) is 2.89. The number of halogens is 2. The highest BCUT2D eigenvalue weighted by molar-refractivity contribution is 6.31. The van der Waals surface area contributed by atoms with E-state index in [0.717, 1.165) is 18.7 Å². The van der Waals surface area contributed by atoms with Gasteiger partial charge in [-0.2, -0.15) is 0 Å². The summed E-state index contributed by atoms with van der Waals surface area (Å²) in [5.74, 6) is 5.25. The number of benzene rings is 1. The normalized spacial score (nSPS) is 12.6. The first-order valence-electron chi connectivity index (χ1n) is 6.44. The second kappa shape index (κ2) is 6.78. The Morgan fingerprint density at radius 1 is 1.50 bits per heavy atom. The van der Waals surface area contributed by atoms with Gasteiger partial charge in [0.1, 0.15) is 5.82 Å². The van der Waals surface area contributed by atoms with Gasteiger partial charge in [0, 0.05) is 17.1 Å². The fraction of sp³-hybridized carbons (Fsp3) is 0.385. The molecule has 1 heterocycles. The summed E-state index contributed by atoms with van der Waals surface area (Å²) in [5, 5.41) is 8.28. The quantitative estimate of drug-likeness (QED) is 0.634. The minimum absolute atomic E-state index is 0.300. The lowest BCUT2D eigenvalue weighted by Crippen LogP contribution is -2.31. The Bertz CT molecular complexity index is 551. The van der Waals surface area contributed by atoms with Crippen molar-refractivity contribution in [1.82, 2.24) is 20.4 Å². The number of aryl methyl sites for hydroxylation is 1. The molecule has 3 N–H and O–H groups in total. The third-order valence-corrected chi connectivity index (χ3v) is 3.47. The molecule has 0 radical (unpaired) electrons. The van der Waals surface area contributed by atoms with Crippen LogP contribution in [0.1, 0.15) is 30.6 Å². The number of hydrazine groups is 1. The Balaban J connectivity index is 2.27. The van der Waals surface area contributed by atoms with E-state index in [-0.39, 0.29) is 11.9 Å². The molecule has 1 aromatic heterocycles. The van der Waals surface area contributed by atoms with Gasteiger partial charge in [-0.05, 0) is 25.0 Å². The lowest BCUT2D eigenvalue weighted by atomic mass is 10.0. The Kier molecular flexibility index (Phi) is 5.05. The monoisotopic (exact) mass is 297 g/mol. The largest absolute Gasteiger partial charge is 0.271 e. The third kappa shape index (κ3) is 3.15. The first-order valence-corrected chi connectivity index (χ1v) is 6.82. The summed E-state index contributed by atoms with van der Waals surface area (Å²) in [7, 11) is 0. The molecule has 5 nitrogen and oxygen atoms in total. The zero-order valence-corrected chi connectivity index (χ0v) is 11.9.